The van der Waals surface area contributed by atoms with Crippen molar-refractivity contribution < 1.29 is 42.0 Å². The molecule has 0 saturated heterocycles. The van der Waals surface area contributed by atoms with Gasteiger partial charge in [-0.1, -0.05) is 13.8 Å². The molecule has 0 aliphatic rings. The number of hydrogen-bond donors (Lipinski definition) is 2. The van der Waals surface area contributed by atoms with Crippen LogP contribution in [0.3, 0.4) is 0 Å². The molecule has 0 radical (unpaired) electrons. The Bertz CT molecular complexity index is 299. The van der Waals surface area contributed by atoms with Gasteiger partial charge in [0.05, 0.1) is 17.6 Å². The zero-order chi connectivity index (χ0) is 13.6. The van der Waals surface area contributed by atoms with E-state index in [-0.39, 0.29) is 32.0 Å². The molecule has 0 bridgehead atoms. The SMILES string of the molecule is CCC(O)CN(CC(O)CC)C(C)S(=O)(=O)[O-].[Li+]. The molecule has 0 aromatic heterocycles. The molecule has 6 nitrogen and oxygen atoms in total. The predicted molar refractivity (Wildman–Crippen MR) is 63.3 cm³/mol. The Morgan fingerprint density at radius 3 is 1.67 bits per heavy atom. The summed E-state index contributed by atoms with van der Waals surface area (Å²) in [6, 6.07) is 0. The first-order valence-electron chi connectivity index (χ1n) is 5.77. The Labute approximate surface area is 121 Å². The molecule has 0 heterocycles. The van der Waals surface area contributed by atoms with Crippen molar-refractivity contribution in [2.24, 2.45) is 0 Å². The zero-order valence-corrected chi connectivity index (χ0v) is 12.4. The summed E-state index contributed by atoms with van der Waals surface area (Å²) in [6.07, 6.45) is -0.485. The molecule has 3 unspecified atom stereocenters. The largest absolute Gasteiger partial charge is 1.00 e. The van der Waals surface area contributed by atoms with Crippen LogP contribution in [0.1, 0.15) is 33.6 Å². The summed E-state index contributed by atoms with van der Waals surface area (Å²) in [4.78, 5) is 1.31. The quantitative estimate of drug-likeness (QED) is 0.356. The molecule has 0 aliphatic carbocycles. The van der Waals surface area contributed by atoms with E-state index in [0.29, 0.717) is 12.8 Å². The van der Waals surface area contributed by atoms with E-state index >= 15 is 0 Å². The monoisotopic (exact) mass is 275 g/mol. The minimum absolute atomic E-state index is 0. The van der Waals surface area contributed by atoms with Gasteiger partial charge in [0.15, 0.2) is 0 Å². The third kappa shape index (κ3) is 7.74. The van der Waals surface area contributed by atoms with Crippen molar-refractivity contribution in [3.8, 4) is 0 Å². The van der Waals surface area contributed by atoms with Crippen LogP contribution >= 0.6 is 0 Å². The van der Waals surface area contributed by atoms with Crippen molar-refractivity contribution in [2.75, 3.05) is 13.1 Å². The van der Waals surface area contributed by atoms with Crippen molar-refractivity contribution >= 4 is 10.1 Å². The molecule has 0 saturated carbocycles. The number of aliphatic hydroxyl groups excluding tert-OH is 2. The van der Waals surface area contributed by atoms with E-state index in [1.165, 1.54) is 11.8 Å². The molecule has 0 fully saturated rings. The fraction of sp³-hybridized carbons (Fsp3) is 1.00. The minimum atomic E-state index is -4.46. The van der Waals surface area contributed by atoms with Gasteiger partial charge >= 0.3 is 18.9 Å². The van der Waals surface area contributed by atoms with E-state index in [0.717, 1.165) is 0 Å². The van der Waals surface area contributed by atoms with E-state index in [2.05, 4.69) is 0 Å². The topological polar surface area (TPSA) is 101 Å². The van der Waals surface area contributed by atoms with Crippen molar-refractivity contribution in [3.05, 3.63) is 0 Å². The normalized spacial score (nSPS) is 17.1. The van der Waals surface area contributed by atoms with E-state index in [9.17, 15) is 23.2 Å². The maximum Gasteiger partial charge on any atom is 1.00 e. The Hall–Kier alpha value is 0.387. The first-order valence-corrected chi connectivity index (χ1v) is 7.24. The van der Waals surface area contributed by atoms with Gasteiger partial charge in [0, 0.05) is 13.1 Å². The van der Waals surface area contributed by atoms with Crippen molar-refractivity contribution in [3.63, 3.8) is 0 Å². The van der Waals surface area contributed by atoms with E-state index in [4.69, 9.17) is 0 Å². The van der Waals surface area contributed by atoms with Crippen LogP contribution in [0.4, 0.5) is 0 Å². The fourth-order valence-electron chi connectivity index (χ4n) is 1.35. The average Bonchev–Trinajstić information content (AvgIpc) is 2.25. The van der Waals surface area contributed by atoms with Crippen LogP contribution in [0, 0.1) is 0 Å². The van der Waals surface area contributed by atoms with Gasteiger partial charge in [-0.05, 0) is 19.8 Å². The van der Waals surface area contributed by atoms with Crippen LogP contribution in [-0.4, -0.2) is 58.8 Å². The molecule has 0 amide bonds. The summed E-state index contributed by atoms with van der Waals surface area (Å²) in [5.74, 6) is 0. The number of aliphatic hydroxyl groups is 2. The molecule has 0 spiro atoms. The van der Waals surface area contributed by atoms with Crippen molar-refractivity contribution in [2.45, 2.75) is 51.2 Å². The maximum absolute atomic E-state index is 11.0. The number of hydrogen-bond acceptors (Lipinski definition) is 6. The summed E-state index contributed by atoms with van der Waals surface area (Å²) in [5.41, 5.74) is 0. The van der Waals surface area contributed by atoms with Crippen molar-refractivity contribution in [1.29, 1.82) is 0 Å². The predicted octanol–water partition coefficient (Wildman–Crippen LogP) is -3.27. The molecule has 3 atom stereocenters. The molecule has 0 aromatic carbocycles. The van der Waals surface area contributed by atoms with Crippen LogP contribution in [0.2, 0.25) is 0 Å². The molecule has 0 aromatic rings. The van der Waals surface area contributed by atoms with E-state index in [1.807, 2.05) is 0 Å². The zero-order valence-electron chi connectivity index (χ0n) is 11.5. The summed E-state index contributed by atoms with van der Waals surface area (Å²) in [5, 5.41) is 17.8. The number of nitrogens with zero attached hydrogens (tertiary/aromatic N) is 1. The standard InChI is InChI=1S/C10H23NO5S.Li/c1-4-9(12)6-11(7-10(13)5-2)8(3)17(14,15)16;/h8-10,12-13H,4-7H2,1-3H3,(H,14,15,16);/q;+1/p-1. The number of rotatable bonds is 8. The van der Waals surface area contributed by atoms with Gasteiger partial charge in [-0.15, -0.1) is 0 Å². The second-order valence-electron chi connectivity index (χ2n) is 4.17. The summed E-state index contributed by atoms with van der Waals surface area (Å²) < 4.78 is 32.9. The first-order chi connectivity index (χ1) is 7.72. The van der Waals surface area contributed by atoms with Crippen LogP contribution in [0.25, 0.3) is 0 Å². The van der Waals surface area contributed by atoms with Gasteiger partial charge < -0.3 is 14.8 Å². The van der Waals surface area contributed by atoms with Crippen LogP contribution in [-0.2, 0) is 10.1 Å². The molecule has 0 aliphatic heterocycles. The second kappa shape index (κ2) is 9.32. The molecule has 18 heavy (non-hydrogen) atoms. The van der Waals surface area contributed by atoms with E-state index in [1.54, 1.807) is 13.8 Å². The Morgan fingerprint density at radius 1 is 1.11 bits per heavy atom. The summed E-state index contributed by atoms with van der Waals surface area (Å²) >= 11 is 0. The van der Waals surface area contributed by atoms with E-state index < -0.39 is 27.7 Å². The van der Waals surface area contributed by atoms with Crippen molar-refractivity contribution in [1.82, 2.24) is 4.90 Å². The third-order valence-electron chi connectivity index (χ3n) is 2.77. The van der Waals surface area contributed by atoms with Crippen LogP contribution < -0.4 is 18.9 Å². The molecular weight excluding hydrogens is 253 g/mol. The van der Waals surface area contributed by atoms with Crippen LogP contribution in [0.5, 0.6) is 0 Å². The Balaban J connectivity index is 0. The van der Waals surface area contributed by atoms with Gasteiger partial charge in [-0.25, -0.2) is 8.42 Å². The maximum atomic E-state index is 11.0. The first kappa shape index (κ1) is 20.7. The fourth-order valence-corrected chi connectivity index (χ4v) is 1.89. The molecule has 104 valence electrons. The van der Waals surface area contributed by atoms with Gasteiger partial charge in [0.25, 0.3) is 0 Å². The summed E-state index contributed by atoms with van der Waals surface area (Å²) in [7, 11) is -4.46. The average molecular weight is 275 g/mol. The van der Waals surface area contributed by atoms with Gasteiger partial charge in [-0.2, -0.15) is 0 Å². The van der Waals surface area contributed by atoms with Gasteiger partial charge in [0.1, 0.15) is 10.1 Å². The van der Waals surface area contributed by atoms with Gasteiger partial charge in [-0.3, -0.25) is 4.90 Å². The minimum Gasteiger partial charge on any atom is -0.747 e. The third-order valence-corrected chi connectivity index (χ3v) is 3.90. The molecule has 2 N–H and O–H groups in total. The molecule has 0 rings (SSSR count). The van der Waals surface area contributed by atoms with Crippen LogP contribution in [0.15, 0.2) is 0 Å². The smallest absolute Gasteiger partial charge is 0.747 e. The molecular formula is C10H22LiNO5S. The summed E-state index contributed by atoms with van der Waals surface area (Å²) in [6.45, 7) is 4.92. The molecule has 8 heteroatoms. The second-order valence-corrected chi connectivity index (χ2v) is 5.84. The Morgan fingerprint density at radius 2 is 1.44 bits per heavy atom. The Kier molecular flexibility index (Phi) is 10.7. The van der Waals surface area contributed by atoms with Gasteiger partial charge in [0.2, 0.25) is 0 Å².